The van der Waals surface area contributed by atoms with Crippen molar-refractivity contribution in [3.05, 3.63) is 120 Å². The van der Waals surface area contributed by atoms with Gasteiger partial charge in [0.15, 0.2) is 23.5 Å². The fourth-order valence-corrected chi connectivity index (χ4v) is 6.05. The number of aromatic nitrogens is 4. The number of nitrogens with zero attached hydrogens (tertiary/aromatic N) is 4. The Morgan fingerprint density at radius 3 is 1.95 bits per heavy atom. The molecule has 7 rings (SSSR count). The van der Waals surface area contributed by atoms with Gasteiger partial charge < -0.3 is 24.7 Å². The molecule has 5 aromatic rings. The maximum Gasteiger partial charge on any atom is 0.167 e. The van der Waals surface area contributed by atoms with Crippen molar-refractivity contribution in [2.75, 3.05) is 12.3 Å². The molecule has 41 heavy (non-hydrogen) atoms. The van der Waals surface area contributed by atoms with E-state index in [2.05, 4.69) is 51.4 Å². The van der Waals surface area contributed by atoms with Gasteiger partial charge in [-0.3, -0.25) is 4.57 Å². The summed E-state index contributed by atoms with van der Waals surface area (Å²) in [5.41, 5.74) is 9.30. The molecule has 4 heterocycles. The maximum atomic E-state index is 7.09. The quantitative estimate of drug-likeness (QED) is 0.288. The van der Waals surface area contributed by atoms with Crippen LogP contribution < -0.4 is 5.73 Å². The van der Waals surface area contributed by atoms with Crippen molar-refractivity contribution in [1.29, 1.82) is 0 Å². The second kappa shape index (κ2) is 10.0. The van der Waals surface area contributed by atoms with Gasteiger partial charge in [-0.25, -0.2) is 15.0 Å². The molecule has 0 spiro atoms. The molecule has 9 nitrogen and oxygen atoms in total. The Morgan fingerprint density at radius 1 is 0.805 bits per heavy atom. The van der Waals surface area contributed by atoms with Gasteiger partial charge in [-0.2, -0.15) is 0 Å². The molecule has 0 bridgehead atoms. The summed E-state index contributed by atoms with van der Waals surface area (Å²) in [4.78, 5) is 12.9. The van der Waals surface area contributed by atoms with Crippen molar-refractivity contribution in [2.24, 2.45) is 0 Å². The van der Waals surface area contributed by atoms with E-state index in [0.717, 1.165) is 16.7 Å². The lowest BCUT2D eigenvalue weighted by Gasteiger charge is -2.37. The monoisotopic (exact) mass is 549 g/mol. The number of hydrogen-bond acceptors (Lipinski definition) is 8. The largest absolute Gasteiger partial charge is 0.382 e. The Labute approximate surface area is 237 Å². The third kappa shape index (κ3) is 4.38. The predicted octanol–water partition coefficient (Wildman–Crippen LogP) is 4.83. The number of imidazole rings is 1. The van der Waals surface area contributed by atoms with Crippen LogP contribution in [0.15, 0.2) is 104 Å². The van der Waals surface area contributed by atoms with E-state index >= 15 is 0 Å². The van der Waals surface area contributed by atoms with E-state index in [1.54, 1.807) is 6.33 Å². The lowest BCUT2D eigenvalue weighted by molar-refractivity contribution is -0.204. The van der Waals surface area contributed by atoms with Gasteiger partial charge in [0.05, 0.1) is 12.9 Å². The number of rotatable bonds is 7. The summed E-state index contributed by atoms with van der Waals surface area (Å²) < 4.78 is 28.4. The van der Waals surface area contributed by atoms with Gasteiger partial charge in [-0.05, 0) is 30.5 Å². The molecule has 3 aromatic carbocycles. The summed E-state index contributed by atoms with van der Waals surface area (Å²) >= 11 is 0. The van der Waals surface area contributed by atoms with Gasteiger partial charge in [0.1, 0.15) is 35.8 Å². The normalized spacial score (nSPS) is 23.6. The van der Waals surface area contributed by atoms with Gasteiger partial charge in [0.25, 0.3) is 0 Å². The van der Waals surface area contributed by atoms with E-state index in [0.29, 0.717) is 17.0 Å². The Bertz CT molecular complexity index is 1550. The van der Waals surface area contributed by atoms with E-state index in [4.69, 9.17) is 24.7 Å². The summed E-state index contributed by atoms with van der Waals surface area (Å²) in [7, 11) is 0. The summed E-state index contributed by atoms with van der Waals surface area (Å²) in [5.74, 6) is -0.486. The Balaban J connectivity index is 1.28. The van der Waals surface area contributed by atoms with Crippen LogP contribution in [0.5, 0.6) is 0 Å². The second-order valence-electron chi connectivity index (χ2n) is 10.8. The highest BCUT2D eigenvalue weighted by molar-refractivity contribution is 5.81. The van der Waals surface area contributed by atoms with Gasteiger partial charge in [0.2, 0.25) is 0 Å². The van der Waals surface area contributed by atoms with Crippen molar-refractivity contribution in [1.82, 2.24) is 19.5 Å². The third-order valence-corrected chi connectivity index (χ3v) is 7.79. The summed E-state index contributed by atoms with van der Waals surface area (Å²) in [6.45, 7) is 4.06. The molecule has 2 N–H and O–H groups in total. The molecule has 0 radical (unpaired) electrons. The third-order valence-electron chi connectivity index (χ3n) is 7.79. The minimum Gasteiger partial charge on any atom is -0.382 e. The highest BCUT2D eigenvalue weighted by atomic mass is 16.8. The molecule has 4 atom stereocenters. The van der Waals surface area contributed by atoms with Crippen LogP contribution in [0.3, 0.4) is 0 Å². The number of benzene rings is 3. The zero-order valence-electron chi connectivity index (χ0n) is 22.8. The Kier molecular flexibility index (Phi) is 6.32. The first-order chi connectivity index (χ1) is 20.0. The SMILES string of the molecule is CC1(C)OC2C(COC(c3ccccc3)(c3ccccc3)c3ccccc3)O[C@@H](n3cnc4c(N)ncnc43)C2O1. The minimum atomic E-state index is -0.890. The minimum absolute atomic E-state index is 0.236. The van der Waals surface area contributed by atoms with Gasteiger partial charge >= 0.3 is 0 Å². The lowest BCUT2D eigenvalue weighted by atomic mass is 9.80. The number of ether oxygens (including phenoxy) is 4. The molecule has 3 unspecified atom stereocenters. The first-order valence-electron chi connectivity index (χ1n) is 13.7. The fourth-order valence-electron chi connectivity index (χ4n) is 6.05. The first-order valence-corrected chi connectivity index (χ1v) is 13.7. The van der Waals surface area contributed by atoms with Gasteiger partial charge in [-0.1, -0.05) is 91.0 Å². The molecule has 0 saturated carbocycles. The summed E-state index contributed by atoms with van der Waals surface area (Å²) in [5, 5.41) is 0. The number of fused-ring (bicyclic) bond motifs is 2. The van der Waals surface area contributed by atoms with Crippen LogP contribution in [0.25, 0.3) is 11.2 Å². The van der Waals surface area contributed by atoms with Crippen LogP contribution in [0.1, 0.15) is 36.8 Å². The number of nitrogen functional groups attached to an aromatic ring is 1. The lowest BCUT2D eigenvalue weighted by Crippen LogP contribution is -2.39. The van der Waals surface area contributed by atoms with E-state index in [-0.39, 0.29) is 12.7 Å². The zero-order valence-corrected chi connectivity index (χ0v) is 22.8. The van der Waals surface area contributed by atoms with Crippen LogP contribution in [-0.2, 0) is 24.5 Å². The maximum absolute atomic E-state index is 7.09. The topological polar surface area (TPSA) is 107 Å². The summed E-state index contributed by atoms with van der Waals surface area (Å²) in [6.07, 6.45) is 1.30. The average Bonchev–Trinajstić information content (AvgIpc) is 3.67. The molecule has 208 valence electrons. The number of nitrogens with two attached hydrogens (primary N) is 1. The predicted molar refractivity (Wildman–Crippen MR) is 153 cm³/mol. The van der Waals surface area contributed by atoms with Crippen molar-refractivity contribution >= 4 is 17.0 Å². The van der Waals surface area contributed by atoms with Crippen LogP contribution in [0.4, 0.5) is 5.82 Å². The average molecular weight is 550 g/mol. The van der Waals surface area contributed by atoms with Gasteiger partial charge in [0, 0.05) is 0 Å². The van der Waals surface area contributed by atoms with Crippen molar-refractivity contribution in [3.8, 4) is 0 Å². The standard InChI is InChI=1S/C32H31N5O4/c1-31(2)40-26-24(39-30(27(26)41-31)37-20-36-25-28(33)34-19-35-29(25)37)18-38-32(21-12-6-3-7-13-21,22-14-8-4-9-15-22)23-16-10-5-11-17-23/h3-17,19-20,24,26-27,30H,18H2,1-2H3,(H2,33,34,35)/t24?,26?,27?,30-/m1/s1. The molecule has 0 aliphatic carbocycles. The van der Waals surface area contributed by atoms with E-state index in [1.807, 2.05) is 73.0 Å². The number of hydrogen-bond donors (Lipinski definition) is 1. The summed E-state index contributed by atoms with van der Waals surface area (Å²) in [6, 6.07) is 30.8. The molecule has 2 aromatic heterocycles. The molecule has 9 heteroatoms. The van der Waals surface area contributed by atoms with Crippen LogP contribution in [-0.4, -0.2) is 50.2 Å². The van der Waals surface area contributed by atoms with E-state index in [1.165, 1.54) is 6.33 Å². The number of anilines is 1. The molecule has 2 aliphatic heterocycles. The van der Waals surface area contributed by atoms with Crippen LogP contribution in [0, 0.1) is 0 Å². The highest BCUT2D eigenvalue weighted by Crippen LogP contribution is 2.46. The molecule has 2 saturated heterocycles. The zero-order chi connectivity index (χ0) is 28.0. The van der Waals surface area contributed by atoms with Crippen molar-refractivity contribution < 1.29 is 18.9 Å². The molecular formula is C32H31N5O4. The fraction of sp³-hybridized carbons (Fsp3) is 0.281. The van der Waals surface area contributed by atoms with Crippen molar-refractivity contribution in [3.63, 3.8) is 0 Å². The molecule has 2 fully saturated rings. The Morgan fingerprint density at radius 2 is 1.37 bits per heavy atom. The molecule has 2 aliphatic rings. The molecule has 0 amide bonds. The first kappa shape index (κ1) is 25.8. The highest BCUT2D eigenvalue weighted by Gasteiger charge is 2.57. The van der Waals surface area contributed by atoms with Crippen LogP contribution in [0.2, 0.25) is 0 Å². The smallest absolute Gasteiger partial charge is 0.167 e. The van der Waals surface area contributed by atoms with Crippen molar-refractivity contribution in [2.45, 2.75) is 49.8 Å². The Hall–Kier alpha value is -4.15. The van der Waals surface area contributed by atoms with E-state index in [9.17, 15) is 0 Å². The molecular weight excluding hydrogens is 518 g/mol. The van der Waals surface area contributed by atoms with E-state index < -0.39 is 29.8 Å². The second-order valence-corrected chi connectivity index (χ2v) is 10.8. The van der Waals surface area contributed by atoms with Crippen LogP contribution >= 0.6 is 0 Å². The van der Waals surface area contributed by atoms with Gasteiger partial charge in [-0.15, -0.1) is 0 Å².